The molecule has 152 valence electrons. The minimum absolute atomic E-state index is 0.158. The van der Waals surface area contributed by atoms with Gasteiger partial charge < -0.3 is 10.2 Å². The van der Waals surface area contributed by atoms with E-state index in [-0.39, 0.29) is 17.6 Å². The maximum atomic E-state index is 11.3. The van der Waals surface area contributed by atoms with Gasteiger partial charge >= 0.3 is 0 Å². The molecule has 0 saturated heterocycles. The van der Waals surface area contributed by atoms with Crippen LogP contribution in [0.5, 0.6) is 0 Å². The number of aliphatic hydroxyl groups is 2. The summed E-state index contributed by atoms with van der Waals surface area (Å²) >= 11 is 0. The Kier molecular flexibility index (Phi) is 4.48. The van der Waals surface area contributed by atoms with Crippen molar-refractivity contribution in [2.45, 2.75) is 77.4 Å². The average Bonchev–Trinajstić information content (AvgIpc) is 3.10. The second-order valence-electron chi connectivity index (χ2n) is 10.4. The van der Waals surface area contributed by atoms with E-state index in [9.17, 15) is 10.2 Å². The number of allylic oxidation sites excluding steroid dienone is 2. The van der Waals surface area contributed by atoms with Gasteiger partial charge in [-0.15, -0.1) is 0 Å². The number of hydrogen-bond acceptors (Lipinski definition) is 2. The molecule has 8 unspecified atom stereocenters. The van der Waals surface area contributed by atoms with Crippen LogP contribution >= 0.6 is 0 Å². The molecule has 1 heterocycles. The molecule has 0 aromatic carbocycles. The fourth-order valence-corrected chi connectivity index (χ4v) is 8.13. The van der Waals surface area contributed by atoms with E-state index in [1.165, 1.54) is 18.5 Å². The number of fused-ring (bicyclic) bond motifs is 5. The van der Waals surface area contributed by atoms with Gasteiger partial charge in [0, 0.05) is 12.1 Å². The molecular weight excluding hydrogens is 346 g/mol. The van der Waals surface area contributed by atoms with E-state index in [0.717, 1.165) is 38.5 Å². The maximum Gasteiger partial charge on any atom is 0.189 e. The van der Waals surface area contributed by atoms with Gasteiger partial charge in [-0.2, -0.15) is 4.57 Å². The summed E-state index contributed by atoms with van der Waals surface area (Å²) in [5.74, 6) is 2.05. The molecule has 3 saturated carbocycles. The lowest BCUT2D eigenvalue weighted by Gasteiger charge is -2.61. The lowest BCUT2D eigenvalue weighted by atomic mass is 9.43. The Labute approximate surface area is 169 Å². The van der Waals surface area contributed by atoms with Crippen molar-refractivity contribution in [3.05, 3.63) is 36.7 Å². The van der Waals surface area contributed by atoms with Crippen molar-refractivity contribution in [2.24, 2.45) is 34.5 Å². The molecule has 4 aliphatic carbocycles. The summed E-state index contributed by atoms with van der Waals surface area (Å²) in [4.78, 5) is 0. The van der Waals surface area contributed by atoms with Gasteiger partial charge in [0.25, 0.3) is 0 Å². The number of aliphatic hydroxyl groups excluding tert-OH is 2. The summed E-state index contributed by atoms with van der Waals surface area (Å²) in [5.41, 5.74) is 1.97. The van der Waals surface area contributed by atoms with Crippen LogP contribution in [0.3, 0.4) is 0 Å². The Hall–Kier alpha value is -1.19. The largest absolute Gasteiger partial charge is 0.393 e. The molecule has 4 aliphatic rings. The minimum Gasteiger partial charge on any atom is -0.393 e. The highest BCUT2D eigenvalue weighted by molar-refractivity contribution is 5.48. The van der Waals surface area contributed by atoms with Crippen molar-refractivity contribution < 1.29 is 14.8 Å². The first-order chi connectivity index (χ1) is 13.5. The van der Waals surface area contributed by atoms with E-state index in [1.54, 1.807) is 0 Å². The van der Waals surface area contributed by atoms with Crippen LogP contribution in [-0.4, -0.2) is 22.4 Å². The van der Waals surface area contributed by atoms with Gasteiger partial charge in [-0.1, -0.05) is 19.9 Å². The standard InChI is InChI=1S/C25H36NO2/c1-3-25-12-10-19-23(20(25)7-8-22(25)26-13-5-4-6-14-26)21(28)16-17-15-18(27)9-11-24(17,19)2/h4-6,8,13-14,17-21,23,27-28H,3,7,9-12,15-16H2,1-2H3/q+1. The van der Waals surface area contributed by atoms with Crippen molar-refractivity contribution in [2.75, 3.05) is 0 Å². The molecule has 1 aromatic rings. The van der Waals surface area contributed by atoms with Crippen molar-refractivity contribution in [1.29, 1.82) is 0 Å². The molecule has 0 bridgehead atoms. The second kappa shape index (κ2) is 6.67. The maximum absolute atomic E-state index is 11.3. The summed E-state index contributed by atoms with van der Waals surface area (Å²) in [6.07, 6.45) is 15.1. The molecule has 2 N–H and O–H groups in total. The van der Waals surface area contributed by atoms with Gasteiger partial charge in [0.2, 0.25) is 0 Å². The minimum atomic E-state index is -0.210. The zero-order chi connectivity index (χ0) is 19.5. The second-order valence-corrected chi connectivity index (χ2v) is 10.4. The van der Waals surface area contributed by atoms with E-state index in [1.807, 2.05) is 0 Å². The third-order valence-electron chi connectivity index (χ3n) is 9.56. The predicted octanol–water partition coefficient (Wildman–Crippen LogP) is 4.19. The zero-order valence-corrected chi connectivity index (χ0v) is 17.4. The van der Waals surface area contributed by atoms with Gasteiger partial charge in [0.1, 0.15) is 0 Å². The van der Waals surface area contributed by atoms with Crippen LogP contribution in [-0.2, 0) is 0 Å². The number of aromatic nitrogens is 1. The highest BCUT2D eigenvalue weighted by Crippen LogP contribution is 2.67. The van der Waals surface area contributed by atoms with Crippen LogP contribution in [0.2, 0.25) is 0 Å². The molecule has 3 heteroatoms. The molecule has 3 nitrogen and oxygen atoms in total. The summed E-state index contributed by atoms with van der Waals surface area (Å²) in [6.45, 7) is 4.84. The average molecular weight is 383 g/mol. The molecule has 1 aromatic heterocycles. The lowest BCUT2D eigenvalue weighted by molar-refractivity contribution is -0.590. The molecule has 0 amide bonds. The molecular formula is C25H36NO2+. The summed E-state index contributed by atoms with van der Waals surface area (Å²) in [7, 11) is 0. The molecule has 3 fully saturated rings. The summed E-state index contributed by atoms with van der Waals surface area (Å²) in [5, 5.41) is 21.6. The SMILES string of the molecule is CCC12CCC3C(C(O)CC4CC(O)CCC43C)C1CC=C2[n+]1ccccc1. The molecule has 8 atom stereocenters. The molecule has 0 aliphatic heterocycles. The van der Waals surface area contributed by atoms with Crippen LogP contribution in [0.15, 0.2) is 36.7 Å². The van der Waals surface area contributed by atoms with Gasteiger partial charge in [-0.05, 0) is 86.5 Å². The molecule has 0 radical (unpaired) electrons. The fourth-order valence-electron chi connectivity index (χ4n) is 8.13. The summed E-state index contributed by atoms with van der Waals surface area (Å²) in [6, 6.07) is 6.33. The first-order valence-corrected chi connectivity index (χ1v) is 11.5. The monoisotopic (exact) mass is 382 g/mol. The van der Waals surface area contributed by atoms with Gasteiger partial charge in [-0.3, -0.25) is 0 Å². The Balaban J connectivity index is 1.50. The third kappa shape index (κ3) is 2.51. The van der Waals surface area contributed by atoms with Crippen LogP contribution in [0, 0.1) is 34.5 Å². The van der Waals surface area contributed by atoms with E-state index < -0.39 is 0 Å². The Bertz CT molecular complexity index is 761. The fraction of sp³-hybridized carbons (Fsp3) is 0.720. The van der Waals surface area contributed by atoms with Crippen molar-refractivity contribution in [3.8, 4) is 0 Å². The molecule has 5 rings (SSSR count). The van der Waals surface area contributed by atoms with E-state index in [0.29, 0.717) is 29.1 Å². The Morgan fingerprint density at radius 2 is 1.82 bits per heavy atom. The van der Waals surface area contributed by atoms with Crippen LogP contribution in [0.4, 0.5) is 0 Å². The predicted molar refractivity (Wildman–Crippen MR) is 110 cm³/mol. The topological polar surface area (TPSA) is 44.3 Å². The lowest BCUT2D eigenvalue weighted by Crippen LogP contribution is -2.59. The number of hydrogen-bond donors (Lipinski definition) is 2. The normalized spacial score (nSPS) is 47.6. The smallest absolute Gasteiger partial charge is 0.189 e. The van der Waals surface area contributed by atoms with Gasteiger partial charge in [0.05, 0.1) is 17.6 Å². The van der Waals surface area contributed by atoms with Crippen molar-refractivity contribution >= 4 is 5.70 Å². The molecule has 0 spiro atoms. The van der Waals surface area contributed by atoms with Gasteiger partial charge in [0.15, 0.2) is 18.1 Å². The van der Waals surface area contributed by atoms with Crippen molar-refractivity contribution in [3.63, 3.8) is 0 Å². The Morgan fingerprint density at radius 3 is 2.57 bits per heavy atom. The zero-order valence-electron chi connectivity index (χ0n) is 17.4. The van der Waals surface area contributed by atoms with E-state index >= 15 is 0 Å². The highest BCUT2D eigenvalue weighted by Gasteiger charge is 2.63. The quantitative estimate of drug-likeness (QED) is 0.753. The third-order valence-corrected chi connectivity index (χ3v) is 9.56. The number of rotatable bonds is 2. The Morgan fingerprint density at radius 1 is 1.04 bits per heavy atom. The van der Waals surface area contributed by atoms with E-state index in [2.05, 4.69) is 55.1 Å². The van der Waals surface area contributed by atoms with Crippen LogP contribution in [0.1, 0.15) is 65.2 Å². The van der Waals surface area contributed by atoms with E-state index in [4.69, 9.17) is 0 Å². The number of pyridine rings is 1. The van der Waals surface area contributed by atoms with Crippen LogP contribution in [0.25, 0.3) is 5.70 Å². The van der Waals surface area contributed by atoms with Crippen LogP contribution < -0.4 is 4.57 Å². The molecule has 28 heavy (non-hydrogen) atoms. The highest BCUT2D eigenvalue weighted by atomic mass is 16.3. The summed E-state index contributed by atoms with van der Waals surface area (Å²) < 4.78 is 2.33. The van der Waals surface area contributed by atoms with Crippen molar-refractivity contribution in [1.82, 2.24) is 0 Å². The number of nitrogens with zero attached hydrogens (tertiary/aromatic N) is 1. The first kappa shape index (κ1) is 18.8. The van der Waals surface area contributed by atoms with Gasteiger partial charge in [-0.25, -0.2) is 0 Å². The first-order valence-electron chi connectivity index (χ1n) is 11.5.